The lowest BCUT2D eigenvalue weighted by molar-refractivity contribution is -0.140. The maximum atomic E-state index is 11.1. The number of carbonyl (C=O) groups excluding carboxylic acids is 1. The van der Waals surface area contributed by atoms with Gasteiger partial charge >= 0.3 is 5.97 Å². The highest BCUT2D eigenvalue weighted by Gasteiger charge is 2.16. The molecule has 0 aliphatic carbocycles. The monoisotopic (exact) mass is 226 g/mol. The second-order valence-electron chi connectivity index (χ2n) is 3.61. The number of rotatable bonds is 3. The van der Waals surface area contributed by atoms with Crippen LogP contribution in [0.1, 0.15) is 16.7 Å². The minimum Gasteiger partial charge on any atom is -0.468 e. The normalized spacial score (nSPS) is 12.3. The topological polar surface area (TPSA) is 26.3 Å². The molecule has 0 radical (unpaired) electrons. The summed E-state index contributed by atoms with van der Waals surface area (Å²) < 4.78 is 4.57. The Hall–Kier alpha value is -1.02. The number of halogens is 1. The van der Waals surface area contributed by atoms with Crippen LogP contribution in [-0.2, 0) is 16.0 Å². The van der Waals surface area contributed by atoms with Gasteiger partial charge in [-0.15, -0.1) is 11.6 Å². The molecule has 0 heterocycles. The van der Waals surface area contributed by atoms with Gasteiger partial charge in [0.15, 0.2) is 0 Å². The maximum Gasteiger partial charge on any atom is 0.324 e. The van der Waals surface area contributed by atoms with Gasteiger partial charge in [0.25, 0.3) is 0 Å². The Morgan fingerprint density at radius 2 is 2.07 bits per heavy atom. The SMILES string of the molecule is COC(=O)C(Cl)Cc1ccc(C)c(C)c1. The molecule has 0 amide bonds. The first-order chi connectivity index (χ1) is 7.04. The molecule has 1 atom stereocenters. The third-order valence-corrected chi connectivity index (χ3v) is 2.78. The zero-order valence-corrected chi connectivity index (χ0v) is 9.97. The van der Waals surface area contributed by atoms with Crippen molar-refractivity contribution in [2.45, 2.75) is 25.6 Å². The van der Waals surface area contributed by atoms with Crippen LogP contribution in [0.4, 0.5) is 0 Å². The highest BCUT2D eigenvalue weighted by atomic mass is 35.5. The van der Waals surface area contributed by atoms with E-state index >= 15 is 0 Å². The number of hydrogen-bond donors (Lipinski definition) is 0. The lowest BCUT2D eigenvalue weighted by Crippen LogP contribution is -2.18. The Balaban J connectivity index is 2.73. The molecule has 1 aromatic carbocycles. The molecule has 1 aromatic rings. The van der Waals surface area contributed by atoms with Crippen LogP contribution in [0.25, 0.3) is 0 Å². The van der Waals surface area contributed by atoms with Crippen LogP contribution in [0.2, 0.25) is 0 Å². The van der Waals surface area contributed by atoms with Crippen molar-refractivity contribution in [3.05, 3.63) is 34.9 Å². The van der Waals surface area contributed by atoms with Crippen molar-refractivity contribution in [1.82, 2.24) is 0 Å². The summed E-state index contributed by atoms with van der Waals surface area (Å²) in [4.78, 5) is 11.1. The number of hydrogen-bond acceptors (Lipinski definition) is 2. The number of alkyl halides is 1. The highest BCUT2D eigenvalue weighted by molar-refractivity contribution is 6.30. The fourth-order valence-electron chi connectivity index (χ4n) is 1.35. The maximum absolute atomic E-state index is 11.1. The number of esters is 1. The largest absolute Gasteiger partial charge is 0.468 e. The van der Waals surface area contributed by atoms with E-state index in [0.29, 0.717) is 6.42 Å². The van der Waals surface area contributed by atoms with Gasteiger partial charge in [0.05, 0.1) is 7.11 Å². The average molecular weight is 227 g/mol. The molecule has 3 heteroatoms. The Morgan fingerprint density at radius 3 is 2.60 bits per heavy atom. The van der Waals surface area contributed by atoms with E-state index in [2.05, 4.69) is 11.7 Å². The molecule has 0 saturated heterocycles. The molecule has 0 aliphatic heterocycles. The number of methoxy groups -OCH3 is 1. The standard InChI is InChI=1S/C12H15ClO2/c1-8-4-5-10(6-9(8)2)7-11(13)12(14)15-3/h4-6,11H,7H2,1-3H3. The fraction of sp³-hybridized carbons (Fsp3) is 0.417. The first kappa shape index (κ1) is 12.1. The van der Waals surface area contributed by atoms with Crippen LogP contribution in [0.5, 0.6) is 0 Å². The van der Waals surface area contributed by atoms with E-state index in [1.807, 2.05) is 25.1 Å². The van der Waals surface area contributed by atoms with Crippen LogP contribution in [-0.4, -0.2) is 18.5 Å². The molecular formula is C12H15ClO2. The summed E-state index contributed by atoms with van der Waals surface area (Å²) in [5.41, 5.74) is 3.51. The Bertz CT molecular complexity index is 361. The molecule has 82 valence electrons. The van der Waals surface area contributed by atoms with E-state index in [1.165, 1.54) is 18.2 Å². The Labute approximate surface area is 95.2 Å². The third-order valence-electron chi connectivity index (χ3n) is 2.44. The van der Waals surface area contributed by atoms with Crippen molar-refractivity contribution in [2.24, 2.45) is 0 Å². The summed E-state index contributed by atoms with van der Waals surface area (Å²) in [7, 11) is 1.35. The van der Waals surface area contributed by atoms with Gasteiger partial charge in [0.2, 0.25) is 0 Å². The number of benzene rings is 1. The molecule has 0 N–H and O–H groups in total. The van der Waals surface area contributed by atoms with Crippen molar-refractivity contribution >= 4 is 17.6 Å². The van der Waals surface area contributed by atoms with Crippen molar-refractivity contribution in [1.29, 1.82) is 0 Å². The van der Waals surface area contributed by atoms with Crippen molar-refractivity contribution in [2.75, 3.05) is 7.11 Å². The first-order valence-corrected chi connectivity index (χ1v) is 5.26. The van der Waals surface area contributed by atoms with Crippen LogP contribution in [0, 0.1) is 13.8 Å². The van der Waals surface area contributed by atoms with Gasteiger partial charge < -0.3 is 4.74 Å². The van der Waals surface area contributed by atoms with E-state index in [1.54, 1.807) is 0 Å². The number of carbonyl (C=O) groups is 1. The Kier molecular flexibility index (Phi) is 4.15. The zero-order valence-electron chi connectivity index (χ0n) is 9.21. The number of ether oxygens (including phenoxy) is 1. The van der Waals surface area contributed by atoms with Crippen LogP contribution >= 0.6 is 11.6 Å². The van der Waals surface area contributed by atoms with Gasteiger partial charge in [-0.3, -0.25) is 4.79 Å². The smallest absolute Gasteiger partial charge is 0.324 e. The van der Waals surface area contributed by atoms with E-state index in [4.69, 9.17) is 11.6 Å². The van der Waals surface area contributed by atoms with Gasteiger partial charge in [-0.2, -0.15) is 0 Å². The van der Waals surface area contributed by atoms with E-state index in [0.717, 1.165) is 5.56 Å². The second-order valence-corrected chi connectivity index (χ2v) is 4.14. The minimum atomic E-state index is -0.600. The summed E-state index contributed by atoms with van der Waals surface area (Å²) in [5, 5.41) is -0.600. The predicted octanol–water partition coefficient (Wildman–Crippen LogP) is 2.63. The molecule has 0 spiro atoms. The van der Waals surface area contributed by atoms with Crippen LogP contribution in [0.15, 0.2) is 18.2 Å². The summed E-state index contributed by atoms with van der Waals surface area (Å²) in [5.74, 6) is -0.380. The number of aryl methyl sites for hydroxylation is 2. The zero-order chi connectivity index (χ0) is 11.4. The van der Waals surface area contributed by atoms with E-state index in [-0.39, 0.29) is 5.97 Å². The molecule has 0 saturated carbocycles. The first-order valence-electron chi connectivity index (χ1n) is 4.82. The lowest BCUT2D eigenvalue weighted by atomic mass is 10.0. The highest BCUT2D eigenvalue weighted by Crippen LogP contribution is 2.14. The molecule has 1 unspecified atom stereocenters. The lowest BCUT2D eigenvalue weighted by Gasteiger charge is -2.08. The average Bonchev–Trinajstić information content (AvgIpc) is 2.22. The van der Waals surface area contributed by atoms with Gasteiger partial charge in [0.1, 0.15) is 5.38 Å². The van der Waals surface area contributed by atoms with Gasteiger partial charge in [0, 0.05) is 0 Å². The molecule has 15 heavy (non-hydrogen) atoms. The van der Waals surface area contributed by atoms with Crippen LogP contribution < -0.4 is 0 Å². The summed E-state index contributed by atoms with van der Waals surface area (Å²) >= 11 is 5.88. The minimum absolute atomic E-state index is 0.380. The Morgan fingerprint density at radius 1 is 1.40 bits per heavy atom. The molecule has 2 nitrogen and oxygen atoms in total. The van der Waals surface area contributed by atoms with Crippen LogP contribution in [0.3, 0.4) is 0 Å². The van der Waals surface area contributed by atoms with Gasteiger partial charge in [-0.1, -0.05) is 18.2 Å². The van der Waals surface area contributed by atoms with Crippen molar-refractivity contribution in [3.8, 4) is 0 Å². The summed E-state index contributed by atoms with van der Waals surface area (Å²) in [6, 6.07) is 6.07. The second kappa shape index (κ2) is 5.17. The molecular weight excluding hydrogens is 212 g/mol. The predicted molar refractivity (Wildman–Crippen MR) is 61.3 cm³/mol. The molecule has 0 fully saturated rings. The quantitative estimate of drug-likeness (QED) is 0.585. The van der Waals surface area contributed by atoms with Gasteiger partial charge in [-0.25, -0.2) is 0 Å². The molecule has 1 rings (SSSR count). The molecule has 0 aromatic heterocycles. The summed E-state index contributed by atoms with van der Waals surface area (Å²) in [6.45, 7) is 4.10. The molecule has 0 aliphatic rings. The van der Waals surface area contributed by atoms with Gasteiger partial charge in [-0.05, 0) is 37.0 Å². The fourth-order valence-corrected chi connectivity index (χ4v) is 1.62. The van der Waals surface area contributed by atoms with E-state index < -0.39 is 5.38 Å². The molecule has 0 bridgehead atoms. The third kappa shape index (κ3) is 3.24. The van der Waals surface area contributed by atoms with E-state index in [9.17, 15) is 4.79 Å². The summed E-state index contributed by atoms with van der Waals surface area (Å²) in [6.07, 6.45) is 0.509. The van der Waals surface area contributed by atoms with Crippen molar-refractivity contribution < 1.29 is 9.53 Å². The van der Waals surface area contributed by atoms with Crippen molar-refractivity contribution in [3.63, 3.8) is 0 Å².